The van der Waals surface area contributed by atoms with E-state index >= 15 is 0 Å². The van der Waals surface area contributed by atoms with Crippen LogP contribution in [0.2, 0.25) is 5.02 Å². The molecule has 1 aliphatic rings. The van der Waals surface area contributed by atoms with E-state index in [0.717, 1.165) is 6.42 Å². The fourth-order valence-corrected chi connectivity index (χ4v) is 5.14. The first kappa shape index (κ1) is 21.2. The number of ether oxygens (including phenoxy) is 1. The van der Waals surface area contributed by atoms with Gasteiger partial charge >= 0.3 is 0 Å². The summed E-state index contributed by atoms with van der Waals surface area (Å²) in [5.74, 6) is 1.77. The molecule has 0 aliphatic carbocycles. The van der Waals surface area contributed by atoms with Gasteiger partial charge in [-0.05, 0) is 30.9 Å². The monoisotopic (exact) mass is 427 g/mol. The molecule has 9 heteroatoms. The minimum Gasteiger partial charge on any atom is -0.378 e. The van der Waals surface area contributed by atoms with Gasteiger partial charge in [0, 0.05) is 25.9 Å². The fraction of sp³-hybridized carbons (Fsp3) is 0.579. The lowest BCUT2D eigenvalue weighted by Crippen LogP contribution is -2.41. The Kier molecular flexibility index (Phi) is 7.09. The maximum absolute atomic E-state index is 12.8. The Balaban J connectivity index is 1.45. The molecule has 1 aromatic heterocycles. The quantitative estimate of drug-likeness (QED) is 0.642. The van der Waals surface area contributed by atoms with E-state index in [0.29, 0.717) is 56.6 Å². The molecule has 1 aromatic carbocycles. The van der Waals surface area contributed by atoms with Gasteiger partial charge in [0.05, 0.1) is 17.7 Å². The summed E-state index contributed by atoms with van der Waals surface area (Å²) in [5.41, 5.74) is 0. The highest BCUT2D eigenvalue weighted by atomic mass is 35.5. The van der Waals surface area contributed by atoms with Crippen molar-refractivity contribution >= 4 is 21.6 Å². The minimum absolute atomic E-state index is 0.0275. The predicted octanol–water partition coefficient (Wildman–Crippen LogP) is 3.33. The van der Waals surface area contributed by atoms with Crippen molar-refractivity contribution in [3.63, 3.8) is 0 Å². The summed E-state index contributed by atoms with van der Waals surface area (Å²) in [5, 5.41) is 4.22. The lowest BCUT2D eigenvalue weighted by atomic mass is 10.1. The Labute approximate surface area is 171 Å². The van der Waals surface area contributed by atoms with E-state index < -0.39 is 10.0 Å². The van der Waals surface area contributed by atoms with Crippen LogP contribution in [-0.4, -0.2) is 48.7 Å². The smallest absolute Gasteiger partial charge is 0.244 e. The number of hydrogen-bond donors (Lipinski definition) is 0. The molecule has 154 valence electrons. The molecule has 2 heterocycles. The van der Waals surface area contributed by atoms with Crippen molar-refractivity contribution < 1.29 is 17.7 Å². The number of halogens is 1. The van der Waals surface area contributed by atoms with Gasteiger partial charge in [-0.25, -0.2) is 8.42 Å². The second kappa shape index (κ2) is 9.35. The van der Waals surface area contributed by atoms with Crippen molar-refractivity contribution in [2.75, 3.05) is 19.7 Å². The molecule has 2 aromatic rings. The average Bonchev–Trinajstić information content (AvgIpc) is 3.09. The van der Waals surface area contributed by atoms with E-state index in [2.05, 4.69) is 24.0 Å². The third kappa shape index (κ3) is 5.31. The molecule has 1 fully saturated rings. The number of benzene rings is 1. The van der Waals surface area contributed by atoms with E-state index in [1.54, 1.807) is 24.3 Å². The van der Waals surface area contributed by atoms with Crippen LogP contribution < -0.4 is 0 Å². The zero-order valence-electron chi connectivity index (χ0n) is 16.2. The first-order chi connectivity index (χ1) is 13.4. The molecule has 1 saturated heterocycles. The highest BCUT2D eigenvalue weighted by molar-refractivity contribution is 7.89. The minimum atomic E-state index is -3.57. The normalized spacial score (nSPS) is 16.7. The van der Waals surface area contributed by atoms with Crippen LogP contribution in [-0.2, 0) is 27.6 Å². The number of piperidine rings is 1. The van der Waals surface area contributed by atoms with E-state index in [-0.39, 0.29) is 16.0 Å². The third-order valence-corrected chi connectivity index (χ3v) is 7.03. The molecule has 0 bridgehead atoms. The molecule has 0 spiro atoms. The molecular formula is C19H26ClN3O4S. The van der Waals surface area contributed by atoms with Crippen molar-refractivity contribution in [1.29, 1.82) is 0 Å². The molecule has 0 unspecified atom stereocenters. The fourth-order valence-electron chi connectivity index (χ4n) is 3.17. The number of rotatable bonds is 8. The Morgan fingerprint density at radius 3 is 2.68 bits per heavy atom. The van der Waals surface area contributed by atoms with Gasteiger partial charge in [-0.2, -0.15) is 9.29 Å². The number of aromatic nitrogens is 2. The molecule has 0 N–H and O–H groups in total. The van der Waals surface area contributed by atoms with Crippen molar-refractivity contribution in [3.8, 4) is 0 Å². The van der Waals surface area contributed by atoms with Gasteiger partial charge < -0.3 is 9.26 Å². The van der Waals surface area contributed by atoms with Crippen LogP contribution in [0, 0.1) is 5.92 Å². The lowest BCUT2D eigenvalue weighted by Gasteiger charge is -2.31. The van der Waals surface area contributed by atoms with E-state index in [1.165, 1.54) is 4.31 Å². The zero-order valence-corrected chi connectivity index (χ0v) is 17.7. The molecule has 0 atom stereocenters. The maximum Gasteiger partial charge on any atom is 0.244 e. The lowest BCUT2D eigenvalue weighted by molar-refractivity contribution is 0.0222. The molecule has 3 rings (SSSR count). The van der Waals surface area contributed by atoms with Gasteiger partial charge in [0.25, 0.3) is 0 Å². The Hall–Kier alpha value is -1.48. The first-order valence-electron chi connectivity index (χ1n) is 9.54. The topological polar surface area (TPSA) is 85.5 Å². The van der Waals surface area contributed by atoms with Gasteiger partial charge in [-0.1, -0.05) is 42.7 Å². The molecule has 7 nitrogen and oxygen atoms in total. The average molecular weight is 428 g/mol. The molecule has 1 aliphatic heterocycles. The van der Waals surface area contributed by atoms with Gasteiger partial charge in [-0.15, -0.1) is 0 Å². The van der Waals surface area contributed by atoms with E-state index in [1.807, 2.05) is 0 Å². The molecule has 0 radical (unpaired) electrons. The van der Waals surface area contributed by atoms with Gasteiger partial charge in [0.2, 0.25) is 15.9 Å². The number of hydrogen-bond acceptors (Lipinski definition) is 6. The summed E-state index contributed by atoms with van der Waals surface area (Å²) in [6.07, 6.45) is 2.68. The predicted molar refractivity (Wildman–Crippen MR) is 106 cm³/mol. The number of nitrogens with zero attached hydrogens (tertiary/aromatic N) is 3. The van der Waals surface area contributed by atoms with Crippen molar-refractivity contribution in [2.45, 2.75) is 50.5 Å². The van der Waals surface area contributed by atoms with Crippen LogP contribution in [0.15, 0.2) is 33.7 Å². The summed E-state index contributed by atoms with van der Waals surface area (Å²) in [6, 6.07) is 6.53. The second-order valence-electron chi connectivity index (χ2n) is 7.36. The molecule has 28 heavy (non-hydrogen) atoms. The third-order valence-electron chi connectivity index (χ3n) is 4.63. The maximum atomic E-state index is 12.8. The summed E-state index contributed by atoms with van der Waals surface area (Å²) >= 11 is 6.06. The van der Waals surface area contributed by atoms with Crippen molar-refractivity contribution in [3.05, 3.63) is 41.0 Å². The van der Waals surface area contributed by atoms with Gasteiger partial charge in [0.1, 0.15) is 4.90 Å². The molecule has 0 amide bonds. The summed E-state index contributed by atoms with van der Waals surface area (Å²) in [6.45, 7) is 5.52. The van der Waals surface area contributed by atoms with E-state index in [9.17, 15) is 8.42 Å². The zero-order chi connectivity index (χ0) is 20.1. The Bertz CT molecular complexity index is 877. The number of sulfonamides is 1. The highest BCUT2D eigenvalue weighted by Gasteiger charge is 2.31. The van der Waals surface area contributed by atoms with Crippen LogP contribution in [0.5, 0.6) is 0 Å². The second-order valence-corrected chi connectivity index (χ2v) is 9.67. The van der Waals surface area contributed by atoms with Crippen LogP contribution in [0.1, 0.15) is 38.4 Å². The van der Waals surface area contributed by atoms with Crippen molar-refractivity contribution in [2.24, 2.45) is 5.92 Å². The van der Waals surface area contributed by atoms with Crippen LogP contribution in [0.25, 0.3) is 0 Å². The Morgan fingerprint density at radius 2 is 2.00 bits per heavy atom. The van der Waals surface area contributed by atoms with Crippen LogP contribution in [0.3, 0.4) is 0 Å². The SMILES string of the molecule is CC(C)Cc1nc(CCOC2CCN(S(=O)(=O)c3ccccc3Cl)CC2)no1. The van der Waals surface area contributed by atoms with Crippen molar-refractivity contribution in [1.82, 2.24) is 14.4 Å². The van der Waals surface area contributed by atoms with Gasteiger partial charge in [-0.3, -0.25) is 0 Å². The summed E-state index contributed by atoms with van der Waals surface area (Å²) in [7, 11) is -3.57. The summed E-state index contributed by atoms with van der Waals surface area (Å²) < 4.78 is 38.1. The molecular weight excluding hydrogens is 402 g/mol. The molecule has 0 saturated carbocycles. The largest absolute Gasteiger partial charge is 0.378 e. The Morgan fingerprint density at radius 1 is 1.29 bits per heavy atom. The van der Waals surface area contributed by atoms with Gasteiger partial charge in [0.15, 0.2) is 5.82 Å². The van der Waals surface area contributed by atoms with Crippen LogP contribution >= 0.6 is 11.6 Å². The summed E-state index contributed by atoms with van der Waals surface area (Å²) in [4.78, 5) is 4.52. The first-order valence-corrected chi connectivity index (χ1v) is 11.4. The van der Waals surface area contributed by atoms with Crippen LogP contribution in [0.4, 0.5) is 0 Å². The standard InChI is InChI=1S/C19H26ClN3O4S/c1-14(2)13-19-21-18(22-27-19)9-12-26-15-7-10-23(11-8-15)28(24,25)17-6-4-3-5-16(17)20/h3-6,14-15H,7-13H2,1-2H3. The van der Waals surface area contributed by atoms with E-state index in [4.69, 9.17) is 20.9 Å². The highest BCUT2D eigenvalue weighted by Crippen LogP contribution is 2.27.